The van der Waals surface area contributed by atoms with Crippen molar-refractivity contribution in [2.75, 3.05) is 7.11 Å². The minimum atomic E-state index is -0.423. The Morgan fingerprint density at radius 1 is 1.41 bits per heavy atom. The summed E-state index contributed by atoms with van der Waals surface area (Å²) in [5, 5.41) is 14.2. The lowest BCUT2D eigenvalue weighted by Gasteiger charge is -2.27. The van der Waals surface area contributed by atoms with Gasteiger partial charge in [-0.25, -0.2) is 4.98 Å². The molecule has 0 aromatic carbocycles. The average molecular weight is 307 g/mol. The van der Waals surface area contributed by atoms with Crippen molar-refractivity contribution in [3.05, 3.63) is 33.6 Å². The molecule has 0 radical (unpaired) electrons. The number of nitrogens with one attached hydrogen (secondary N) is 1. The van der Waals surface area contributed by atoms with Crippen LogP contribution in [0, 0.1) is 23.0 Å². The lowest BCUT2D eigenvalue weighted by atomic mass is 9.86. The molecule has 0 saturated heterocycles. The number of aryl methyl sites for hydroxylation is 1. The van der Waals surface area contributed by atoms with Crippen molar-refractivity contribution in [1.82, 2.24) is 10.3 Å². The molecule has 1 aliphatic carbocycles. The zero-order chi connectivity index (χ0) is 16.1. The summed E-state index contributed by atoms with van der Waals surface area (Å²) >= 11 is 0. The number of carbonyl (C=O) groups is 1. The summed E-state index contributed by atoms with van der Waals surface area (Å²) in [4.78, 5) is 26.1. The van der Waals surface area contributed by atoms with Gasteiger partial charge in [-0.05, 0) is 38.7 Å². The number of esters is 1. The van der Waals surface area contributed by atoms with Gasteiger partial charge in [0.2, 0.25) is 0 Å². The molecular weight excluding hydrogens is 286 g/mol. The second kappa shape index (κ2) is 7.31. The van der Waals surface area contributed by atoms with Crippen LogP contribution in [0.4, 0.5) is 5.69 Å². The van der Waals surface area contributed by atoms with Crippen molar-refractivity contribution in [2.24, 2.45) is 5.92 Å². The molecule has 1 fully saturated rings. The highest BCUT2D eigenvalue weighted by atomic mass is 16.6. The summed E-state index contributed by atoms with van der Waals surface area (Å²) in [6.07, 6.45) is 3.51. The van der Waals surface area contributed by atoms with Crippen LogP contribution in [0.5, 0.6) is 0 Å². The second-order valence-corrected chi connectivity index (χ2v) is 5.62. The van der Waals surface area contributed by atoms with E-state index in [-0.39, 0.29) is 17.6 Å². The molecule has 7 nitrogen and oxygen atoms in total. The van der Waals surface area contributed by atoms with Crippen LogP contribution < -0.4 is 5.32 Å². The normalized spacial score (nSPS) is 21.4. The number of pyridine rings is 1. The predicted octanol–water partition coefficient (Wildman–Crippen LogP) is 2.12. The Morgan fingerprint density at radius 2 is 2.09 bits per heavy atom. The number of rotatable bonds is 5. The number of aromatic nitrogens is 1. The van der Waals surface area contributed by atoms with Crippen LogP contribution in [0.1, 0.15) is 37.1 Å². The first-order valence-electron chi connectivity index (χ1n) is 7.43. The van der Waals surface area contributed by atoms with Crippen LogP contribution in [0.3, 0.4) is 0 Å². The van der Waals surface area contributed by atoms with Crippen LogP contribution in [-0.4, -0.2) is 29.0 Å². The summed E-state index contributed by atoms with van der Waals surface area (Å²) in [5.41, 5.74) is 1.26. The maximum absolute atomic E-state index is 11.5. The van der Waals surface area contributed by atoms with Gasteiger partial charge in [-0.1, -0.05) is 0 Å². The first-order chi connectivity index (χ1) is 10.5. The molecule has 0 bridgehead atoms. The summed E-state index contributed by atoms with van der Waals surface area (Å²) in [6, 6.07) is 3.52. The third-order valence-electron chi connectivity index (χ3n) is 4.15. The fourth-order valence-corrected chi connectivity index (χ4v) is 2.85. The van der Waals surface area contributed by atoms with Gasteiger partial charge in [0, 0.05) is 18.7 Å². The molecular formula is C15H21N3O4. The third kappa shape index (κ3) is 4.00. The van der Waals surface area contributed by atoms with Crippen LogP contribution in [-0.2, 0) is 16.1 Å². The van der Waals surface area contributed by atoms with Gasteiger partial charge in [-0.3, -0.25) is 14.9 Å². The van der Waals surface area contributed by atoms with Crippen LogP contribution in [0.25, 0.3) is 0 Å². The van der Waals surface area contributed by atoms with Gasteiger partial charge >= 0.3 is 5.97 Å². The molecule has 0 amide bonds. The number of nitrogens with zero attached hydrogens (tertiary/aromatic N) is 2. The molecule has 1 aromatic heterocycles. The van der Waals surface area contributed by atoms with Crippen molar-refractivity contribution in [3.8, 4) is 0 Å². The summed E-state index contributed by atoms with van der Waals surface area (Å²) in [7, 11) is 1.43. The molecule has 1 N–H and O–H groups in total. The summed E-state index contributed by atoms with van der Waals surface area (Å²) in [5.74, 6) is -0.103. The van der Waals surface area contributed by atoms with Gasteiger partial charge in [0.25, 0.3) is 5.69 Å². The fourth-order valence-electron chi connectivity index (χ4n) is 2.85. The quantitative estimate of drug-likeness (QED) is 0.508. The van der Waals surface area contributed by atoms with Crippen LogP contribution >= 0.6 is 0 Å². The second-order valence-electron chi connectivity index (χ2n) is 5.62. The minimum Gasteiger partial charge on any atom is -0.469 e. The maximum atomic E-state index is 11.5. The van der Waals surface area contributed by atoms with E-state index < -0.39 is 4.92 Å². The number of hydrogen-bond donors (Lipinski definition) is 1. The molecule has 0 spiro atoms. The SMILES string of the molecule is COC(=O)C1CCC(NCc2ccc([N+](=O)[O-])c(C)n2)CC1. The van der Waals surface area contributed by atoms with Gasteiger partial charge in [0.15, 0.2) is 0 Å². The van der Waals surface area contributed by atoms with Crippen molar-refractivity contribution in [2.45, 2.75) is 45.2 Å². The average Bonchev–Trinajstić information content (AvgIpc) is 2.52. The molecule has 1 heterocycles. The molecule has 0 atom stereocenters. The Balaban J connectivity index is 1.83. The summed E-state index contributed by atoms with van der Waals surface area (Å²) in [6.45, 7) is 2.22. The Morgan fingerprint density at radius 3 is 2.64 bits per heavy atom. The van der Waals surface area contributed by atoms with E-state index in [9.17, 15) is 14.9 Å². The van der Waals surface area contributed by atoms with Crippen molar-refractivity contribution in [3.63, 3.8) is 0 Å². The first-order valence-corrected chi connectivity index (χ1v) is 7.43. The monoisotopic (exact) mass is 307 g/mol. The zero-order valence-corrected chi connectivity index (χ0v) is 12.9. The highest BCUT2D eigenvalue weighted by Gasteiger charge is 2.26. The maximum Gasteiger partial charge on any atom is 0.308 e. The first kappa shape index (κ1) is 16.4. The fraction of sp³-hybridized carbons (Fsp3) is 0.600. The van der Waals surface area contributed by atoms with Crippen LogP contribution in [0.15, 0.2) is 12.1 Å². The number of carbonyl (C=O) groups excluding carboxylic acids is 1. The molecule has 22 heavy (non-hydrogen) atoms. The van der Waals surface area contributed by atoms with E-state index in [0.29, 0.717) is 18.3 Å². The Kier molecular flexibility index (Phi) is 5.43. The molecule has 2 rings (SSSR count). The zero-order valence-electron chi connectivity index (χ0n) is 12.9. The van der Waals surface area contributed by atoms with E-state index in [4.69, 9.17) is 4.74 Å². The number of ether oxygens (including phenoxy) is 1. The topological polar surface area (TPSA) is 94.4 Å². The van der Waals surface area contributed by atoms with Gasteiger partial charge in [0.05, 0.1) is 23.6 Å². The smallest absolute Gasteiger partial charge is 0.308 e. The van der Waals surface area contributed by atoms with Gasteiger partial charge < -0.3 is 10.1 Å². The van der Waals surface area contributed by atoms with Crippen molar-refractivity contribution in [1.29, 1.82) is 0 Å². The number of hydrogen-bond acceptors (Lipinski definition) is 6. The van der Waals surface area contributed by atoms with E-state index in [2.05, 4.69) is 10.3 Å². The largest absolute Gasteiger partial charge is 0.469 e. The molecule has 7 heteroatoms. The summed E-state index contributed by atoms with van der Waals surface area (Å²) < 4.78 is 4.77. The Labute approximate surface area is 129 Å². The Bertz CT molecular complexity index is 554. The van der Waals surface area contributed by atoms with Gasteiger partial charge in [-0.2, -0.15) is 0 Å². The standard InChI is InChI=1S/C15H21N3O4/c1-10-14(18(20)21)8-7-13(17-10)9-16-12-5-3-11(4-6-12)15(19)22-2/h7-8,11-12,16H,3-6,9H2,1-2H3. The minimum absolute atomic E-state index is 0.0165. The van der Waals surface area contributed by atoms with E-state index in [0.717, 1.165) is 31.4 Å². The molecule has 1 aromatic rings. The van der Waals surface area contributed by atoms with Gasteiger partial charge in [0.1, 0.15) is 5.69 Å². The van der Waals surface area contributed by atoms with Crippen molar-refractivity contribution >= 4 is 11.7 Å². The third-order valence-corrected chi connectivity index (χ3v) is 4.15. The lowest BCUT2D eigenvalue weighted by molar-refractivity contribution is -0.385. The predicted molar refractivity (Wildman–Crippen MR) is 80.2 cm³/mol. The molecule has 1 aliphatic rings. The van der Waals surface area contributed by atoms with E-state index in [1.807, 2.05) is 0 Å². The molecule has 120 valence electrons. The van der Waals surface area contributed by atoms with E-state index in [1.165, 1.54) is 13.2 Å². The van der Waals surface area contributed by atoms with Gasteiger partial charge in [-0.15, -0.1) is 0 Å². The highest BCUT2D eigenvalue weighted by molar-refractivity contribution is 5.72. The van der Waals surface area contributed by atoms with E-state index >= 15 is 0 Å². The molecule has 0 aliphatic heterocycles. The number of nitro groups is 1. The lowest BCUT2D eigenvalue weighted by Crippen LogP contribution is -2.35. The molecule has 0 unspecified atom stereocenters. The number of methoxy groups -OCH3 is 1. The van der Waals surface area contributed by atoms with Crippen molar-refractivity contribution < 1.29 is 14.5 Å². The van der Waals surface area contributed by atoms with E-state index in [1.54, 1.807) is 13.0 Å². The highest BCUT2D eigenvalue weighted by Crippen LogP contribution is 2.25. The Hall–Kier alpha value is -2.02. The molecule has 1 saturated carbocycles. The van der Waals surface area contributed by atoms with Crippen LogP contribution in [0.2, 0.25) is 0 Å².